The Morgan fingerprint density at radius 3 is 2.31 bits per heavy atom. The Kier molecular flexibility index (Phi) is 6.35. The molecule has 0 heterocycles. The van der Waals surface area contributed by atoms with Crippen LogP contribution in [0.3, 0.4) is 0 Å². The van der Waals surface area contributed by atoms with Crippen LogP contribution < -0.4 is 10.6 Å². The van der Waals surface area contributed by atoms with Crippen LogP contribution >= 0.6 is 0 Å². The second-order valence-electron chi connectivity index (χ2n) is 5.05. The minimum Gasteiger partial charge on any atom is -0.315 e. The third-order valence-corrected chi connectivity index (χ3v) is 1.86. The highest BCUT2D eigenvalue weighted by atomic mass is 15.0. The van der Waals surface area contributed by atoms with Crippen molar-refractivity contribution in [2.75, 3.05) is 19.6 Å². The third-order valence-electron chi connectivity index (χ3n) is 1.86. The maximum atomic E-state index is 3.52. The van der Waals surface area contributed by atoms with Gasteiger partial charge in [0, 0.05) is 19.1 Å². The molecule has 0 spiro atoms. The van der Waals surface area contributed by atoms with Gasteiger partial charge in [0.05, 0.1) is 0 Å². The van der Waals surface area contributed by atoms with Crippen molar-refractivity contribution in [1.29, 1.82) is 0 Å². The number of rotatable bonds is 6. The van der Waals surface area contributed by atoms with E-state index >= 15 is 0 Å². The van der Waals surface area contributed by atoms with Gasteiger partial charge in [0.25, 0.3) is 0 Å². The van der Waals surface area contributed by atoms with Crippen molar-refractivity contribution in [3.05, 3.63) is 0 Å². The van der Waals surface area contributed by atoms with E-state index in [1.807, 2.05) is 0 Å². The second kappa shape index (κ2) is 6.39. The molecule has 13 heavy (non-hydrogen) atoms. The summed E-state index contributed by atoms with van der Waals surface area (Å²) in [5.74, 6) is 0. The van der Waals surface area contributed by atoms with Gasteiger partial charge in [0.2, 0.25) is 0 Å². The normalized spacial score (nSPS) is 14.5. The van der Waals surface area contributed by atoms with Crippen molar-refractivity contribution in [2.24, 2.45) is 5.41 Å². The van der Waals surface area contributed by atoms with E-state index < -0.39 is 0 Å². The van der Waals surface area contributed by atoms with Gasteiger partial charge in [-0.2, -0.15) is 0 Å². The zero-order valence-electron chi connectivity index (χ0n) is 9.91. The molecule has 1 unspecified atom stereocenters. The van der Waals surface area contributed by atoms with Crippen LogP contribution in [-0.2, 0) is 0 Å². The zero-order valence-corrected chi connectivity index (χ0v) is 9.91. The number of nitrogens with one attached hydrogen (secondary N) is 2. The molecule has 2 heteroatoms. The Bertz CT molecular complexity index is 116. The van der Waals surface area contributed by atoms with E-state index in [1.165, 1.54) is 6.42 Å². The topological polar surface area (TPSA) is 24.1 Å². The molecule has 0 aromatic rings. The van der Waals surface area contributed by atoms with Crippen LogP contribution in [0.2, 0.25) is 0 Å². The van der Waals surface area contributed by atoms with Gasteiger partial charge in [-0.05, 0) is 25.3 Å². The molecule has 0 aromatic carbocycles. The summed E-state index contributed by atoms with van der Waals surface area (Å²) in [6.45, 7) is 14.5. The second-order valence-corrected chi connectivity index (χ2v) is 5.05. The standard InChI is InChI=1S/C11H26N2/c1-6-7-12-8-10(2)13-9-11(3,4)5/h10,12-13H,6-9H2,1-5H3. The summed E-state index contributed by atoms with van der Waals surface area (Å²) >= 11 is 0. The molecule has 0 aliphatic rings. The molecule has 0 aromatic heterocycles. The van der Waals surface area contributed by atoms with Crippen molar-refractivity contribution >= 4 is 0 Å². The quantitative estimate of drug-likeness (QED) is 0.620. The highest BCUT2D eigenvalue weighted by Crippen LogP contribution is 2.10. The van der Waals surface area contributed by atoms with Crippen LogP contribution in [0.15, 0.2) is 0 Å². The third kappa shape index (κ3) is 9.84. The highest BCUT2D eigenvalue weighted by Gasteiger charge is 2.10. The summed E-state index contributed by atoms with van der Waals surface area (Å²) in [7, 11) is 0. The molecule has 0 amide bonds. The van der Waals surface area contributed by atoms with Gasteiger partial charge in [-0.1, -0.05) is 27.7 Å². The predicted molar refractivity (Wildman–Crippen MR) is 60.1 cm³/mol. The largest absolute Gasteiger partial charge is 0.315 e. The molecule has 0 radical (unpaired) electrons. The van der Waals surface area contributed by atoms with Gasteiger partial charge in [-0.15, -0.1) is 0 Å². The van der Waals surface area contributed by atoms with Crippen molar-refractivity contribution in [1.82, 2.24) is 10.6 Å². The predicted octanol–water partition coefficient (Wildman–Crippen LogP) is 2.01. The summed E-state index contributed by atoms with van der Waals surface area (Å²) in [5.41, 5.74) is 0.388. The summed E-state index contributed by atoms with van der Waals surface area (Å²) in [4.78, 5) is 0. The molecule has 0 aliphatic heterocycles. The van der Waals surface area contributed by atoms with E-state index in [4.69, 9.17) is 0 Å². The first-order chi connectivity index (χ1) is 5.95. The maximum absolute atomic E-state index is 3.52. The van der Waals surface area contributed by atoms with Gasteiger partial charge in [-0.3, -0.25) is 0 Å². The van der Waals surface area contributed by atoms with E-state index in [1.54, 1.807) is 0 Å². The molecule has 0 rings (SSSR count). The zero-order chi connectivity index (χ0) is 10.3. The summed E-state index contributed by atoms with van der Waals surface area (Å²) in [6.07, 6.45) is 1.21. The monoisotopic (exact) mass is 186 g/mol. The van der Waals surface area contributed by atoms with E-state index in [-0.39, 0.29) is 0 Å². The molecule has 1 atom stereocenters. The average Bonchev–Trinajstić information content (AvgIpc) is 2.00. The van der Waals surface area contributed by atoms with Crippen molar-refractivity contribution in [3.63, 3.8) is 0 Å². The molecular formula is C11H26N2. The van der Waals surface area contributed by atoms with Crippen molar-refractivity contribution in [3.8, 4) is 0 Å². The first-order valence-corrected chi connectivity index (χ1v) is 5.40. The number of hydrogen-bond donors (Lipinski definition) is 2. The summed E-state index contributed by atoms with van der Waals surface area (Å²) < 4.78 is 0. The fourth-order valence-electron chi connectivity index (χ4n) is 1.05. The van der Waals surface area contributed by atoms with Gasteiger partial charge in [-0.25, -0.2) is 0 Å². The minimum absolute atomic E-state index is 0.388. The molecule has 0 saturated carbocycles. The Labute approximate surface area is 83.5 Å². The molecule has 0 bridgehead atoms. The molecule has 0 saturated heterocycles. The van der Waals surface area contributed by atoms with Gasteiger partial charge in [0.1, 0.15) is 0 Å². The van der Waals surface area contributed by atoms with Crippen molar-refractivity contribution < 1.29 is 0 Å². The molecule has 0 aliphatic carbocycles. The lowest BCUT2D eigenvalue weighted by molar-refractivity contribution is 0.352. The minimum atomic E-state index is 0.388. The highest BCUT2D eigenvalue weighted by molar-refractivity contribution is 4.70. The van der Waals surface area contributed by atoms with Crippen LogP contribution in [0.5, 0.6) is 0 Å². The first kappa shape index (κ1) is 12.9. The molecular weight excluding hydrogens is 160 g/mol. The lowest BCUT2D eigenvalue weighted by Crippen LogP contribution is -2.40. The van der Waals surface area contributed by atoms with Crippen LogP contribution in [0.25, 0.3) is 0 Å². The van der Waals surface area contributed by atoms with Crippen molar-refractivity contribution in [2.45, 2.75) is 47.1 Å². The lowest BCUT2D eigenvalue weighted by Gasteiger charge is -2.22. The van der Waals surface area contributed by atoms with Gasteiger partial charge in [0.15, 0.2) is 0 Å². The first-order valence-electron chi connectivity index (χ1n) is 5.40. The fraction of sp³-hybridized carbons (Fsp3) is 1.00. The van der Waals surface area contributed by atoms with E-state index in [9.17, 15) is 0 Å². The SMILES string of the molecule is CCCNCC(C)NCC(C)(C)C. The van der Waals surface area contributed by atoms with Crippen LogP contribution in [0.1, 0.15) is 41.0 Å². The van der Waals surface area contributed by atoms with Gasteiger partial charge >= 0.3 is 0 Å². The van der Waals surface area contributed by atoms with Crippen LogP contribution in [0, 0.1) is 5.41 Å². The van der Waals surface area contributed by atoms with Crippen LogP contribution in [0.4, 0.5) is 0 Å². The Morgan fingerprint density at radius 2 is 1.85 bits per heavy atom. The molecule has 2 N–H and O–H groups in total. The van der Waals surface area contributed by atoms with E-state index in [2.05, 4.69) is 45.3 Å². The smallest absolute Gasteiger partial charge is 0.0164 e. The molecule has 80 valence electrons. The summed E-state index contributed by atoms with van der Waals surface area (Å²) in [5, 5.41) is 6.93. The Balaban J connectivity index is 3.35. The fourth-order valence-corrected chi connectivity index (χ4v) is 1.05. The van der Waals surface area contributed by atoms with E-state index in [0.717, 1.165) is 19.6 Å². The molecule has 0 fully saturated rings. The van der Waals surface area contributed by atoms with Crippen LogP contribution in [-0.4, -0.2) is 25.7 Å². The maximum Gasteiger partial charge on any atom is 0.0164 e. The Morgan fingerprint density at radius 1 is 1.23 bits per heavy atom. The Hall–Kier alpha value is -0.0800. The average molecular weight is 186 g/mol. The summed E-state index contributed by atoms with van der Waals surface area (Å²) in [6, 6.07) is 0.575. The lowest BCUT2D eigenvalue weighted by atomic mass is 9.96. The van der Waals surface area contributed by atoms with Gasteiger partial charge < -0.3 is 10.6 Å². The van der Waals surface area contributed by atoms with E-state index in [0.29, 0.717) is 11.5 Å². The molecule has 2 nitrogen and oxygen atoms in total. The number of hydrogen-bond acceptors (Lipinski definition) is 2.